The van der Waals surface area contributed by atoms with E-state index in [1.165, 1.54) is 57.4 Å². The van der Waals surface area contributed by atoms with E-state index in [2.05, 4.69) is 46.4 Å². The molecule has 1 heterocycles. The van der Waals surface area contributed by atoms with Gasteiger partial charge in [0, 0.05) is 44.8 Å². The number of hydrogen-bond donors (Lipinski definition) is 1. The zero-order valence-corrected chi connectivity index (χ0v) is 15.8. The van der Waals surface area contributed by atoms with E-state index in [9.17, 15) is 0 Å². The molecular weight excluding hydrogens is 310 g/mol. The first kappa shape index (κ1) is 17.3. The molecule has 1 aromatic carbocycles. The van der Waals surface area contributed by atoms with Gasteiger partial charge in [-0.15, -0.1) is 0 Å². The first-order valence-corrected chi connectivity index (χ1v) is 10.0. The lowest BCUT2D eigenvalue weighted by atomic mass is 9.93. The van der Waals surface area contributed by atoms with E-state index in [-0.39, 0.29) is 0 Å². The molecule has 4 atom stereocenters. The minimum atomic E-state index is 0.429. The van der Waals surface area contributed by atoms with Crippen molar-refractivity contribution in [1.29, 1.82) is 0 Å². The van der Waals surface area contributed by atoms with Crippen LogP contribution >= 0.6 is 0 Å². The van der Waals surface area contributed by atoms with Crippen molar-refractivity contribution in [3.63, 3.8) is 0 Å². The lowest BCUT2D eigenvalue weighted by molar-refractivity contribution is 0.137. The van der Waals surface area contributed by atoms with Crippen LogP contribution in [0.3, 0.4) is 0 Å². The van der Waals surface area contributed by atoms with Crippen LogP contribution in [0.4, 0.5) is 0 Å². The Morgan fingerprint density at radius 1 is 1.08 bits per heavy atom. The van der Waals surface area contributed by atoms with Gasteiger partial charge >= 0.3 is 0 Å². The van der Waals surface area contributed by atoms with Crippen LogP contribution in [0.15, 0.2) is 24.3 Å². The fourth-order valence-corrected chi connectivity index (χ4v) is 5.09. The van der Waals surface area contributed by atoms with Crippen molar-refractivity contribution in [2.45, 2.75) is 37.8 Å². The largest absolute Gasteiger partial charge is 0.497 e. The minimum Gasteiger partial charge on any atom is -0.497 e. The lowest BCUT2D eigenvalue weighted by Gasteiger charge is -2.37. The van der Waals surface area contributed by atoms with Crippen molar-refractivity contribution in [2.75, 3.05) is 46.9 Å². The molecule has 1 aromatic rings. The summed E-state index contributed by atoms with van der Waals surface area (Å²) < 4.78 is 5.35. The third-order valence-corrected chi connectivity index (χ3v) is 6.71. The van der Waals surface area contributed by atoms with Gasteiger partial charge in [-0.1, -0.05) is 18.6 Å². The first-order chi connectivity index (χ1) is 12.2. The van der Waals surface area contributed by atoms with Gasteiger partial charge in [-0.2, -0.15) is 0 Å². The molecule has 0 radical (unpaired) electrons. The second-order valence-electron chi connectivity index (χ2n) is 8.38. The van der Waals surface area contributed by atoms with Crippen LogP contribution in [-0.4, -0.2) is 62.7 Å². The molecule has 0 aromatic heterocycles. The summed E-state index contributed by atoms with van der Waals surface area (Å²) in [5.74, 6) is 2.85. The number of rotatable bonds is 6. The molecule has 0 spiro atoms. The van der Waals surface area contributed by atoms with Crippen LogP contribution in [0.25, 0.3) is 0 Å². The van der Waals surface area contributed by atoms with Gasteiger partial charge in [0.1, 0.15) is 5.75 Å². The summed E-state index contributed by atoms with van der Waals surface area (Å²) in [6.07, 6.45) is 5.75. The Kier molecular flexibility index (Phi) is 5.30. The molecule has 4 heteroatoms. The van der Waals surface area contributed by atoms with E-state index in [1.807, 2.05) is 0 Å². The molecular formula is C21H33N3O. The van der Waals surface area contributed by atoms with E-state index in [0.717, 1.165) is 30.2 Å². The topological polar surface area (TPSA) is 27.7 Å². The van der Waals surface area contributed by atoms with E-state index >= 15 is 0 Å². The second-order valence-corrected chi connectivity index (χ2v) is 8.38. The smallest absolute Gasteiger partial charge is 0.118 e. The molecule has 25 heavy (non-hydrogen) atoms. The number of fused-ring (bicyclic) bond motifs is 2. The molecule has 138 valence electrons. The fourth-order valence-electron chi connectivity index (χ4n) is 5.09. The van der Waals surface area contributed by atoms with Crippen LogP contribution in [0.1, 0.15) is 37.3 Å². The van der Waals surface area contributed by atoms with Crippen molar-refractivity contribution in [1.82, 2.24) is 15.1 Å². The van der Waals surface area contributed by atoms with Crippen LogP contribution in [0, 0.1) is 11.8 Å². The molecule has 1 N–H and O–H groups in total. The fraction of sp³-hybridized carbons (Fsp3) is 0.714. The van der Waals surface area contributed by atoms with Gasteiger partial charge in [0.2, 0.25) is 0 Å². The SMILES string of the molecule is COc1ccc([C@H](CN2CCN(C)CC2)N[C@@H]2C[C@H]3CC[C@H]2C3)cc1. The van der Waals surface area contributed by atoms with Crippen LogP contribution in [-0.2, 0) is 0 Å². The monoisotopic (exact) mass is 343 g/mol. The number of nitrogens with zero attached hydrogens (tertiary/aromatic N) is 2. The lowest BCUT2D eigenvalue weighted by Crippen LogP contribution is -2.48. The van der Waals surface area contributed by atoms with Crippen molar-refractivity contribution < 1.29 is 4.74 Å². The maximum Gasteiger partial charge on any atom is 0.118 e. The molecule has 1 saturated heterocycles. The van der Waals surface area contributed by atoms with Crippen LogP contribution < -0.4 is 10.1 Å². The molecule has 2 aliphatic carbocycles. The van der Waals surface area contributed by atoms with Crippen molar-refractivity contribution >= 4 is 0 Å². The van der Waals surface area contributed by atoms with Gasteiger partial charge in [0.15, 0.2) is 0 Å². The average Bonchev–Trinajstić information content (AvgIpc) is 3.26. The number of likely N-dealkylation sites (N-methyl/N-ethyl adjacent to an activating group) is 1. The van der Waals surface area contributed by atoms with E-state index in [0.29, 0.717) is 6.04 Å². The summed E-state index contributed by atoms with van der Waals surface area (Å²) in [5.41, 5.74) is 1.41. The molecule has 3 aliphatic rings. The molecule has 4 rings (SSSR count). The average molecular weight is 344 g/mol. The summed E-state index contributed by atoms with van der Waals surface area (Å²) in [6.45, 7) is 5.85. The number of piperazine rings is 1. The highest BCUT2D eigenvalue weighted by molar-refractivity contribution is 5.29. The molecule has 3 fully saturated rings. The third kappa shape index (κ3) is 4.02. The highest BCUT2D eigenvalue weighted by Crippen LogP contribution is 2.45. The van der Waals surface area contributed by atoms with Gasteiger partial charge in [-0.3, -0.25) is 4.90 Å². The zero-order chi connectivity index (χ0) is 17.2. The highest BCUT2D eigenvalue weighted by Gasteiger charge is 2.40. The van der Waals surface area contributed by atoms with Crippen LogP contribution in [0.2, 0.25) is 0 Å². The Balaban J connectivity index is 1.45. The van der Waals surface area contributed by atoms with Crippen molar-refractivity contribution in [3.8, 4) is 5.75 Å². The number of methoxy groups -OCH3 is 1. The summed E-state index contributed by atoms with van der Waals surface area (Å²) in [6, 6.07) is 9.86. The zero-order valence-electron chi connectivity index (χ0n) is 15.8. The van der Waals surface area contributed by atoms with Gasteiger partial charge in [-0.05, 0) is 55.8 Å². The quantitative estimate of drug-likeness (QED) is 0.860. The van der Waals surface area contributed by atoms with E-state index in [4.69, 9.17) is 4.74 Å². The second kappa shape index (κ2) is 7.65. The standard InChI is InChI=1S/C21H33N3O/c1-23-9-11-24(12-10-23)15-21(17-5-7-19(25-2)8-6-17)22-20-14-16-3-4-18(20)13-16/h5-8,16,18,20-22H,3-4,9-15H2,1-2H3/t16-,18-,20+,21-/m0/s1. The van der Waals surface area contributed by atoms with Gasteiger partial charge < -0.3 is 15.0 Å². The molecule has 0 unspecified atom stereocenters. The van der Waals surface area contributed by atoms with Gasteiger partial charge in [0.05, 0.1) is 7.11 Å². The predicted molar refractivity (Wildman–Crippen MR) is 102 cm³/mol. The Hall–Kier alpha value is -1.10. The Morgan fingerprint density at radius 3 is 2.44 bits per heavy atom. The summed E-state index contributed by atoms with van der Waals surface area (Å²) in [5, 5.41) is 4.06. The van der Waals surface area contributed by atoms with Crippen molar-refractivity contribution in [3.05, 3.63) is 29.8 Å². The summed E-state index contributed by atoms with van der Waals surface area (Å²) in [7, 11) is 3.97. The minimum absolute atomic E-state index is 0.429. The molecule has 0 amide bonds. The number of ether oxygens (including phenoxy) is 1. The normalized spacial score (nSPS) is 31.4. The van der Waals surface area contributed by atoms with E-state index < -0.39 is 0 Å². The Labute approximate surface area is 152 Å². The molecule has 4 nitrogen and oxygen atoms in total. The summed E-state index contributed by atoms with van der Waals surface area (Å²) >= 11 is 0. The van der Waals surface area contributed by atoms with Crippen molar-refractivity contribution in [2.24, 2.45) is 11.8 Å². The first-order valence-electron chi connectivity index (χ1n) is 10.0. The van der Waals surface area contributed by atoms with Crippen LogP contribution in [0.5, 0.6) is 5.75 Å². The number of nitrogens with one attached hydrogen (secondary N) is 1. The molecule has 1 aliphatic heterocycles. The molecule has 2 bridgehead atoms. The van der Waals surface area contributed by atoms with Gasteiger partial charge in [0.25, 0.3) is 0 Å². The highest BCUT2D eigenvalue weighted by atomic mass is 16.5. The summed E-state index contributed by atoms with van der Waals surface area (Å²) in [4.78, 5) is 5.07. The Bertz CT molecular complexity index is 553. The van der Waals surface area contributed by atoms with E-state index in [1.54, 1.807) is 7.11 Å². The maximum absolute atomic E-state index is 5.35. The molecule has 2 saturated carbocycles. The predicted octanol–water partition coefficient (Wildman–Crippen LogP) is 2.76. The maximum atomic E-state index is 5.35. The number of hydrogen-bond acceptors (Lipinski definition) is 4. The number of benzene rings is 1. The third-order valence-electron chi connectivity index (χ3n) is 6.71. The Morgan fingerprint density at radius 2 is 1.84 bits per heavy atom. The van der Waals surface area contributed by atoms with Gasteiger partial charge in [-0.25, -0.2) is 0 Å².